The van der Waals surface area contributed by atoms with E-state index in [2.05, 4.69) is 15.5 Å². The third-order valence-corrected chi connectivity index (χ3v) is 9.54. The van der Waals surface area contributed by atoms with Crippen molar-refractivity contribution in [1.82, 2.24) is 15.1 Å². The van der Waals surface area contributed by atoms with E-state index in [4.69, 9.17) is 9.15 Å². The Hall–Kier alpha value is -4.25. The average Bonchev–Trinajstić information content (AvgIpc) is 3.51. The van der Waals surface area contributed by atoms with E-state index in [1.165, 1.54) is 18.4 Å². The number of amides is 3. The van der Waals surface area contributed by atoms with E-state index in [9.17, 15) is 19.2 Å². The fraction of sp³-hybridized carbons (Fsp3) is 0.500. The minimum atomic E-state index is -0.826. The Morgan fingerprint density at radius 3 is 2.45 bits per heavy atom. The Bertz CT molecular complexity index is 1590. The zero-order chi connectivity index (χ0) is 33.5. The van der Waals surface area contributed by atoms with Gasteiger partial charge in [0.2, 0.25) is 17.7 Å². The topological polar surface area (TPSA) is 121 Å². The molecule has 1 aromatic heterocycles. The van der Waals surface area contributed by atoms with Crippen molar-refractivity contribution in [2.24, 2.45) is 11.8 Å². The molecule has 2 aliphatic rings. The summed E-state index contributed by atoms with van der Waals surface area (Å²) in [4.78, 5) is 56.8. The summed E-state index contributed by atoms with van der Waals surface area (Å²) in [6.45, 7) is 4.31. The summed E-state index contributed by atoms with van der Waals surface area (Å²) in [7, 11) is 3.55. The number of ketones is 1. The van der Waals surface area contributed by atoms with Crippen LogP contribution in [0.15, 0.2) is 47.1 Å². The van der Waals surface area contributed by atoms with Crippen LogP contribution in [0.1, 0.15) is 67.8 Å². The van der Waals surface area contributed by atoms with Gasteiger partial charge in [-0.15, -0.1) is 0 Å². The number of furan rings is 1. The van der Waals surface area contributed by atoms with Crippen LogP contribution in [0.5, 0.6) is 5.75 Å². The first-order valence-electron chi connectivity index (χ1n) is 16.6. The van der Waals surface area contributed by atoms with Gasteiger partial charge in [0.1, 0.15) is 29.5 Å². The Morgan fingerprint density at radius 2 is 1.77 bits per heavy atom. The Balaban J connectivity index is 1.30. The number of benzene rings is 2. The molecule has 11 heteroatoms. The molecule has 0 bridgehead atoms. The van der Waals surface area contributed by atoms with Crippen molar-refractivity contribution in [1.29, 1.82) is 0 Å². The standard InChI is InChI=1S/C36H45FN4O6/c1-4-34(43)38-31(36(45)41-16-14-40(2)15-17-41)19-23-10-13-30(29(37)18-23)39-35(44)27(24-8-6-5-7-9-24)21-32(42)28-22-47-33-20-25(46-3)11-12-26(28)33/h10-13,18,20,22,24,27,31H,4-9,14-17,19,21H2,1-3H3,(H,38,43)(H,39,44)/t27-,31+/m0/s1. The molecule has 47 heavy (non-hydrogen) atoms. The van der Waals surface area contributed by atoms with Gasteiger partial charge in [-0.2, -0.15) is 0 Å². The quantitative estimate of drug-likeness (QED) is 0.259. The van der Waals surface area contributed by atoms with E-state index in [1.807, 2.05) is 7.05 Å². The van der Waals surface area contributed by atoms with E-state index >= 15 is 4.39 Å². The van der Waals surface area contributed by atoms with Crippen LogP contribution in [-0.4, -0.2) is 79.7 Å². The predicted molar refractivity (Wildman–Crippen MR) is 177 cm³/mol. The first-order valence-corrected chi connectivity index (χ1v) is 16.6. The lowest BCUT2D eigenvalue weighted by Gasteiger charge is -2.34. The van der Waals surface area contributed by atoms with Crippen molar-refractivity contribution >= 4 is 40.2 Å². The number of likely N-dealkylation sites (N-methyl/N-ethyl adjacent to an activating group) is 1. The molecule has 3 aromatic rings. The van der Waals surface area contributed by atoms with Gasteiger partial charge in [0.05, 0.1) is 18.4 Å². The first kappa shape index (κ1) is 34.1. The minimum Gasteiger partial charge on any atom is -0.497 e. The molecule has 2 N–H and O–H groups in total. The fourth-order valence-electron chi connectivity index (χ4n) is 6.66. The molecule has 0 radical (unpaired) electrons. The molecule has 3 amide bonds. The molecular weight excluding hydrogens is 603 g/mol. The number of rotatable bonds is 12. The van der Waals surface area contributed by atoms with Crippen LogP contribution < -0.4 is 15.4 Å². The highest BCUT2D eigenvalue weighted by Crippen LogP contribution is 2.35. The molecule has 1 aliphatic carbocycles. The highest BCUT2D eigenvalue weighted by atomic mass is 19.1. The van der Waals surface area contributed by atoms with Crippen molar-refractivity contribution in [2.45, 2.75) is 64.3 Å². The summed E-state index contributed by atoms with van der Waals surface area (Å²) in [5, 5.41) is 6.21. The Kier molecular flexibility index (Phi) is 11.3. The van der Waals surface area contributed by atoms with Crippen molar-refractivity contribution in [2.75, 3.05) is 45.7 Å². The molecule has 5 rings (SSSR count). The molecule has 252 valence electrons. The highest BCUT2D eigenvalue weighted by molar-refractivity contribution is 6.09. The van der Waals surface area contributed by atoms with Crippen LogP contribution in [0.3, 0.4) is 0 Å². The first-order chi connectivity index (χ1) is 22.7. The van der Waals surface area contributed by atoms with Crippen LogP contribution in [0.4, 0.5) is 10.1 Å². The third kappa shape index (κ3) is 8.38. The summed E-state index contributed by atoms with van der Waals surface area (Å²) in [6, 6.07) is 8.86. The number of halogens is 1. The molecule has 1 saturated carbocycles. The molecule has 2 fully saturated rings. The Morgan fingerprint density at radius 1 is 1.02 bits per heavy atom. The number of hydrogen-bond acceptors (Lipinski definition) is 7. The zero-order valence-corrected chi connectivity index (χ0v) is 27.5. The summed E-state index contributed by atoms with van der Waals surface area (Å²) >= 11 is 0. The molecule has 2 heterocycles. The molecule has 2 aromatic carbocycles. The molecule has 1 saturated heterocycles. The van der Waals surface area contributed by atoms with Gasteiger partial charge >= 0.3 is 0 Å². The van der Waals surface area contributed by atoms with E-state index in [0.29, 0.717) is 40.9 Å². The SMILES string of the molecule is CCC(=O)N[C@H](Cc1ccc(NC(=O)[C@@H](CC(=O)c2coc3cc(OC)ccc23)C2CCCCC2)c(F)c1)C(=O)N1CCN(C)CC1. The second kappa shape index (κ2) is 15.6. The van der Waals surface area contributed by atoms with E-state index in [-0.39, 0.29) is 48.5 Å². The van der Waals surface area contributed by atoms with Gasteiger partial charge in [0, 0.05) is 62.8 Å². The number of hydrogen-bond donors (Lipinski definition) is 2. The van der Waals surface area contributed by atoms with Crippen molar-refractivity contribution < 1.29 is 32.7 Å². The second-order valence-corrected chi connectivity index (χ2v) is 12.8. The summed E-state index contributed by atoms with van der Waals surface area (Å²) in [5.74, 6) is -1.73. The number of nitrogens with one attached hydrogen (secondary N) is 2. The smallest absolute Gasteiger partial charge is 0.245 e. The summed E-state index contributed by atoms with van der Waals surface area (Å²) < 4.78 is 26.4. The lowest BCUT2D eigenvalue weighted by atomic mass is 9.77. The number of piperazine rings is 1. The summed E-state index contributed by atoms with van der Waals surface area (Å²) in [6.07, 6.45) is 6.42. The fourth-order valence-corrected chi connectivity index (χ4v) is 6.66. The monoisotopic (exact) mass is 648 g/mol. The normalized spacial score (nSPS) is 17.2. The van der Waals surface area contributed by atoms with Gasteiger partial charge in [0.15, 0.2) is 5.78 Å². The Labute approximate surface area is 275 Å². The maximum atomic E-state index is 15.5. The second-order valence-electron chi connectivity index (χ2n) is 12.8. The minimum absolute atomic E-state index is 0.00295. The maximum Gasteiger partial charge on any atom is 0.245 e. The number of ether oxygens (including phenoxy) is 1. The zero-order valence-electron chi connectivity index (χ0n) is 27.5. The van der Waals surface area contributed by atoms with Gasteiger partial charge < -0.3 is 29.6 Å². The largest absolute Gasteiger partial charge is 0.497 e. The van der Waals surface area contributed by atoms with E-state index in [0.717, 1.165) is 45.2 Å². The van der Waals surface area contributed by atoms with Crippen LogP contribution in [0.25, 0.3) is 11.0 Å². The van der Waals surface area contributed by atoms with Crippen molar-refractivity contribution in [3.05, 3.63) is 59.6 Å². The molecule has 0 spiro atoms. The maximum absolute atomic E-state index is 15.5. The lowest BCUT2D eigenvalue weighted by molar-refractivity contribution is -0.137. The highest BCUT2D eigenvalue weighted by Gasteiger charge is 2.33. The summed E-state index contributed by atoms with van der Waals surface area (Å²) in [5.41, 5.74) is 1.46. The number of Topliss-reactive ketones (excluding diaryl/α,β-unsaturated/α-hetero) is 1. The third-order valence-electron chi connectivity index (χ3n) is 9.54. The number of anilines is 1. The molecule has 1 aliphatic heterocycles. The molecule has 2 atom stereocenters. The molecular formula is C36H45FN4O6. The van der Waals surface area contributed by atoms with Gasteiger partial charge in [-0.1, -0.05) is 32.3 Å². The number of methoxy groups -OCH3 is 1. The number of fused-ring (bicyclic) bond motifs is 1. The van der Waals surface area contributed by atoms with Crippen LogP contribution >= 0.6 is 0 Å². The van der Waals surface area contributed by atoms with Gasteiger partial charge in [-0.25, -0.2) is 4.39 Å². The van der Waals surface area contributed by atoms with Crippen LogP contribution in [0, 0.1) is 17.7 Å². The van der Waals surface area contributed by atoms with Crippen LogP contribution in [0.2, 0.25) is 0 Å². The number of carbonyl (C=O) groups excluding carboxylic acids is 4. The van der Waals surface area contributed by atoms with Gasteiger partial charge in [0.25, 0.3) is 0 Å². The van der Waals surface area contributed by atoms with E-state index < -0.39 is 23.7 Å². The lowest BCUT2D eigenvalue weighted by Crippen LogP contribution is -2.54. The number of nitrogens with zero attached hydrogens (tertiary/aromatic N) is 2. The molecule has 10 nitrogen and oxygen atoms in total. The average molecular weight is 649 g/mol. The van der Waals surface area contributed by atoms with Crippen LogP contribution in [-0.2, 0) is 20.8 Å². The van der Waals surface area contributed by atoms with Crippen molar-refractivity contribution in [3.8, 4) is 5.75 Å². The predicted octanol–water partition coefficient (Wildman–Crippen LogP) is 5.20. The molecule has 0 unspecified atom stereocenters. The van der Waals surface area contributed by atoms with E-state index in [1.54, 1.807) is 43.2 Å². The van der Waals surface area contributed by atoms with Gasteiger partial charge in [-0.3, -0.25) is 19.2 Å². The van der Waals surface area contributed by atoms with Gasteiger partial charge in [-0.05, 0) is 55.6 Å². The van der Waals surface area contributed by atoms with Crippen molar-refractivity contribution in [3.63, 3.8) is 0 Å². The number of carbonyl (C=O) groups is 4.